The lowest BCUT2D eigenvalue weighted by Crippen LogP contribution is -2.23. The van der Waals surface area contributed by atoms with Gasteiger partial charge in [-0.2, -0.15) is 5.10 Å². The highest BCUT2D eigenvalue weighted by molar-refractivity contribution is 6.42. The van der Waals surface area contributed by atoms with Gasteiger partial charge in [0, 0.05) is 30.9 Å². The monoisotopic (exact) mass is 403 g/mol. The molecule has 0 fully saturated rings. The SMILES string of the molecule is Cc1nn(C)cc1CNC(=O)c1cccc(COc2cccc(Cl)c2Cl)c1. The zero-order chi connectivity index (χ0) is 19.4. The minimum atomic E-state index is -0.152. The molecule has 2 aromatic carbocycles. The summed E-state index contributed by atoms with van der Waals surface area (Å²) in [6, 6.07) is 12.5. The third kappa shape index (κ3) is 4.81. The highest BCUT2D eigenvalue weighted by Gasteiger charge is 2.10. The lowest BCUT2D eigenvalue weighted by molar-refractivity contribution is 0.0950. The summed E-state index contributed by atoms with van der Waals surface area (Å²) in [5.41, 5.74) is 3.31. The van der Waals surface area contributed by atoms with Crippen LogP contribution in [0.4, 0.5) is 0 Å². The Balaban J connectivity index is 1.63. The molecule has 0 saturated carbocycles. The van der Waals surface area contributed by atoms with Crippen molar-refractivity contribution in [3.63, 3.8) is 0 Å². The van der Waals surface area contributed by atoms with Crippen LogP contribution in [0.25, 0.3) is 0 Å². The van der Waals surface area contributed by atoms with Crippen LogP contribution >= 0.6 is 23.2 Å². The number of halogens is 2. The number of nitrogens with one attached hydrogen (secondary N) is 1. The highest BCUT2D eigenvalue weighted by atomic mass is 35.5. The van der Waals surface area contributed by atoms with Gasteiger partial charge in [-0.15, -0.1) is 0 Å². The van der Waals surface area contributed by atoms with E-state index in [2.05, 4.69) is 10.4 Å². The van der Waals surface area contributed by atoms with Crippen LogP contribution in [0.2, 0.25) is 10.0 Å². The topological polar surface area (TPSA) is 56.2 Å². The lowest BCUT2D eigenvalue weighted by Gasteiger charge is -2.10. The molecule has 3 rings (SSSR count). The van der Waals surface area contributed by atoms with Crippen molar-refractivity contribution >= 4 is 29.1 Å². The molecule has 7 heteroatoms. The van der Waals surface area contributed by atoms with Gasteiger partial charge in [0.2, 0.25) is 0 Å². The fraction of sp³-hybridized carbons (Fsp3) is 0.200. The molecule has 1 N–H and O–H groups in total. The van der Waals surface area contributed by atoms with Crippen LogP contribution in [-0.2, 0) is 20.2 Å². The fourth-order valence-electron chi connectivity index (χ4n) is 2.66. The van der Waals surface area contributed by atoms with Crippen LogP contribution in [0.3, 0.4) is 0 Å². The number of nitrogens with zero attached hydrogens (tertiary/aromatic N) is 2. The van der Waals surface area contributed by atoms with Crippen LogP contribution in [0, 0.1) is 6.92 Å². The average molecular weight is 404 g/mol. The third-order valence-electron chi connectivity index (χ3n) is 4.05. The Labute approximate surface area is 167 Å². The molecule has 0 aliphatic carbocycles. The van der Waals surface area contributed by atoms with E-state index >= 15 is 0 Å². The second-order valence-corrected chi connectivity index (χ2v) is 6.92. The molecule has 3 aromatic rings. The Morgan fingerprint density at radius 3 is 2.74 bits per heavy atom. The van der Waals surface area contributed by atoms with Gasteiger partial charge in [-0.25, -0.2) is 0 Å². The number of carbonyl (C=O) groups is 1. The van der Waals surface area contributed by atoms with Gasteiger partial charge >= 0.3 is 0 Å². The van der Waals surface area contributed by atoms with E-state index in [-0.39, 0.29) is 12.5 Å². The summed E-state index contributed by atoms with van der Waals surface area (Å²) in [6.45, 7) is 2.63. The summed E-state index contributed by atoms with van der Waals surface area (Å²) in [7, 11) is 1.86. The van der Waals surface area contributed by atoms with Crippen LogP contribution in [0.1, 0.15) is 27.2 Å². The molecule has 0 saturated heterocycles. The van der Waals surface area contributed by atoms with E-state index in [4.69, 9.17) is 27.9 Å². The van der Waals surface area contributed by atoms with Crippen molar-refractivity contribution in [3.8, 4) is 5.75 Å². The van der Waals surface area contributed by atoms with Crippen molar-refractivity contribution < 1.29 is 9.53 Å². The highest BCUT2D eigenvalue weighted by Crippen LogP contribution is 2.31. The standard InChI is InChI=1S/C20H19Cl2N3O2/c1-13-16(11-25(2)24-13)10-23-20(26)15-6-3-5-14(9-15)12-27-18-8-4-7-17(21)19(18)22/h3-9,11H,10,12H2,1-2H3,(H,23,26). The smallest absolute Gasteiger partial charge is 0.251 e. The number of carbonyl (C=O) groups excluding carboxylic acids is 1. The van der Waals surface area contributed by atoms with Crippen molar-refractivity contribution in [3.05, 3.63) is 81.1 Å². The Bertz CT molecular complexity index is 970. The van der Waals surface area contributed by atoms with Gasteiger partial charge in [0.15, 0.2) is 0 Å². The zero-order valence-corrected chi connectivity index (χ0v) is 16.5. The predicted octanol–water partition coefficient (Wildman–Crippen LogP) is 4.54. The molecule has 0 aliphatic heterocycles. The molecule has 0 aliphatic rings. The number of amides is 1. The van der Waals surface area contributed by atoms with E-state index in [0.29, 0.717) is 27.9 Å². The summed E-state index contributed by atoms with van der Waals surface area (Å²) < 4.78 is 7.46. The van der Waals surface area contributed by atoms with Crippen molar-refractivity contribution in [2.45, 2.75) is 20.1 Å². The van der Waals surface area contributed by atoms with Gasteiger partial charge in [0.05, 0.1) is 10.7 Å². The van der Waals surface area contributed by atoms with Crippen molar-refractivity contribution in [2.24, 2.45) is 7.05 Å². The number of rotatable bonds is 6. The molecule has 0 spiro atoms. The average Bonchev–Trinajstić information content (AvgIpc) is 2.98. The number of aromatic nitrogens is 2. The lowest BCUT2D eigenvalue weighted by atomic mass is 10.1. The predicted molar refractivity (Wildman–Crippen MR) is 106 cm³/mol. The first kappa shape index (κ1) is 19.3. The molecule has 1 heterocycles. The minimum Gasteiger partial charge on any atom is -0.487 e. The van der Waals surface area contributed by atoms with Crippen LogP contribution in [0.15, 0.2) is 48.7 Å². The zero-order valence-electron chi connectivity index (χ0n) is 15.0. The van der Waals surface area contributed by atoms with E-state index < -0.39 is 0 Å². The molecule has 1 aromatic heterocycles. The maximum Gasteiger partial charge on any atom is 0.251 e. The Kier molecular flexibility index (Phi) is 6.04. The van der Waals surface area contributed by atoms with E-state index in [1.807, 2.05) is 32.3 Å². The van der Waals surface area contributed by atoms with Gasteiger partial charge in [-0.3, -0.25) is 9.48 Å². The second kappa shape index (κ2) is 8.46. The summed E-state index contributed by atoms with van der Waals surface area (Å²) in [4.78, 5) is 12.4. The number of hydrogen-bond acceptors (Lipinski definition) is 3. The molecular formula is C20H19Cl2N3O2. The van der Waals surface area contributed by atoms with Crippen LogP contribution in [-0.4, -0.2) is 15.7 Å². The summed E-state index contributed by atoms with van der Waals surface area (Å²) in [5, 5.41) is 8.00. The van der Waals surface area contributed by atoms with Crippen molar-refractivity contribution in [2.75, 3.05) is 0 Å². The van der Waals surface area contributed by atoms with Gasteiger partial charge in [-0.05, 0) is 36.8 Å². The normalized spacial score (nSPS) is 10.7. The molecule has 0 radical (unpaired) electrons. The number of ether oxygens (including phenoxy) is 1. The second-order valence-electron chi connectivity index (χ2n) is 6.14. The first-order valence-electron chi connectivity index (χ1n) is 8.37. The van der Waals surface area contributed by atoms with E-state index in [1.54, 1.807) is 35.0 Å². The van der Waals surface area contributed by atoms with Crippen molar-refractivity contribution in [1.29, 1.82) is 0 Å². The first-order chi connectivity index (χ1) is 12.9. The van der Waals surface area contributed by atoms with E-state index in [0.717, 1.165) is 16.8 Å². The Morgan fingerprint density at radius 2 is 2.00 bits per heavy atom. The van der Waals surface area contributed by atoms with Crippen molar-refractivity contribution in [1.82, 2.24) is 15.1 Å². The molecule has 5 nitrogen and oxygen atoms in total. The first-order valence-corrected chi connectivity index (χ1v) is 9.12. The molecule has 0 atom stereocenters. The van der Waals surface area contributed by atoms with E-state index in [1.165, 1.54) is 0 Å². The summed E-state index contributed by atoms with van der Waals surface area (Å²) in [6.07, 6.45) is 1.90. The fourth-order valence-corrected chi connectivity index (χ4v) is 3.01. The van der Waals surface area contributed by atoms with E-state index in [9.17, 15) is 4.79 Å². The summed E-state index contributed by atoms with van der Waals surface area (Å²) in [5.74, 6) is 0.354. The molecule has 0 bridgehead atoms. The maximum absolute atomic E-state index is 12.4. The third-order valence-corrected chi connectivity index (χ3v) is 4.86. The minimum absolute atomic E-state index is 0.152. The molecule has 0 unspecified atom stereocenters. The molecule has 27 heavy (non-hydrogen) atoms. The Hall–Kier alpha value is -2.50. The molecular weight excluding hydrogens is 385 g/mol. The number of aryl methyl sites for hydroxylation is 2. The molecule has 1 amide bonds. The summed E-state index contributed by atoms with van der Waals surface area (Å²) >= 11 is 12.1. The quantitative estimate of drug-likeness (QED) is 0.656. The van der Waals surface area contributed by atoms with Crippen LogP contribution < -0.4 is 10.1 Å². The van der Waals surface area contributed by atoms with Gasteiger partial charge in [-0.1, -0.05) is 41.4 Å². The Morgan fingerprint density at radius 1 is 1.22 bits per heavy atom. The van der Waals surface area contributed by atoms with Gasteiger partial charge in [0.1, 0.15) is 17.4 Å². The maximum atomic E-state index is 12.4. The largest absolute Gasteiger partial charge is 0.487 e. The number of hydrogen-bond donors (Lipinski definition) is 1. The van der Waals surface area contributed by atoms with Gasteiger partial charge in [0.25, 0.3) is 5.91 Å². The van der Waals surface area contributed by atoms with Gasteiger partial charge < -0.3 is 10.1 Å². The number of benzene rings is 2. The molecule has 140 valence electrons. The van der Waals surface area contributed by atoms with Crippen LogP contribution in [0.5, 0.6) is 5.75 Å².